The lowest BCUT2D eigenvalue weighted by Gasteiger charge is -2.44. The Morgan fingerprint density at radius 1 is 1.04 bits per heavy atom. The predicted molar refractivity (Wildman–Crippen MR) is 186 cm³/mol. The number of imidazole rings is 1. The van der Waals surface area contributed by atoms with Crippen LogP contribution >= 0.6 is 0 Å². The van der Waals surface area contributed by atoms with E-state index in [1.165, 1.54) is 32.0 Å². The topological polar surface area (TPSA) is 122 Å². The number of likely N-dealkylation sites (tertiary alicyclic amines) is 1. The zero-order chi connectivity index (χ0) is 35.0. The van der Waals surface area contributed by atoms with Crippen LogP contribution in [0.2, 0.25) is 0 Å². The van der Waals surface area contributed by atoms with Crippen LogP contribution in [-0.2, 0) is 11.2 Å². The molecule has 50 heavy (non-hydrogen) atoms. The number of methoxy groups -OCH3 is 1. The minimum absolute atomic E-state index is 0.0122. The van der Waals surface area contributed by atoms with Crippen LogP contribution < -0.4 is 26.0 Å². The first-order valence-electron chi connectivity index (χ1n) is 17.5. The average Bonchev–Trinajstić information content (AvgIpc) is 3.51. The number of hydrogen-bond donors (Lipinski definition) is 4. The van der Waals surface area contributed by atoms with Crippen LogP contribution in [0.1, 0.15) is 48.5 Å². The second kappa shape index (κ2) is 13.9. The first-order chi connectivity index (χ1) is 24.1. The summed E-state index contributed by atoms with van der Waals surface area (Å²) in [6, 6.07) is 8.43. The van der Waals surface area contributed by atoms with Crippen LogP contribution in [0.3, 0.4) is 0 Å². The Balaban J connectivity index is 0.938. The fraction of sp³-hybridized carbons (Fsp3) is 0.459. The summed E-state index contributed by atoms with van der Waals surface area (Å²) in [5.74, 6) is -0.993. The zero-order valence-corrected chi connectivity index (χ0v) is 28.8. The quantitative estimate of drug-likeness (QED) is 0.172. The molecule has 0 atom stereocenters. The number of amides is 2. The number of fused-ring (bicyclic) bond motifs is 1. The van der Waals surface area contributed by atoms with Gasteiger partial charge < -0.3 is 30.5 Å². The fourth-order valence-electron chi connectivity index (χ4n) is 7.59. The molecule has 264 valence electrons. The molecule has 1 aliphatic carbocycles. The van der Waals surface area contributed by atoms with Gasteiger partial charge in [-0.05, 0) is 55.2 Å². The van der Waals surface area contributed by atoms with Gasteiger partial charge >= 0.3 is 0 Å². The molecule has 1 saturated carbocycles. The number of carbonyl (C=O) groups is 2. The molecule has 2 amide bonds. The molecule has 0 unspecified atom stereocenters. The maximum atomic E-state index is 14.9. The van der Waals surface area contributed by atoms with Gasteiger partial charge in [-0.15, -0.1) is 0 Å². The van der Waals surface area contributed by atoms with E-state index in [1.807, 2.05) is 19.1 Å². The van der Waals surface area contributed by atoms with Gasteiger partial charge in [0.15, 0.2) is 23.0 Å². The summed E-state index contributed by atoms with van der Waals surface area (Å²) in [5.41, 5.74) is 2.99. The van der Waals surface area contributed by atoms with Gasteiger partial charge in [-0.25, -0.2) is 14.4 Å². The van der Waals surface area contributed by atoms with Crippen molar-refractivity contribution in [1.29, 1.82) is 0 Å². The summed E-state index contributed by atoms with van der Waals surface area (Å²) in [6.45, 7) is 7.53. The van der Waals surface area contributed by atoms with Crippen molar-refractivity contribution in [3.8, 4) is 17.0 Å². The maximum absolute atomic E-state index is 14.9. The van der Waals surface area contributed by atoms with Gasteiger partial charge in [0, 0.05) is 79.1 Å². The Kier molecular flexibility index (Phi) is 9.44. The first kappa shape index (κ1) is 33.9. The number of quaternary nitrogens is 1. The highest BCUT2D eigenvalue weighted by molar-refractivity contribution is 5.96. The molecule has 2 aliphatic heterocycles. The molecule has 3 fully saturated rings. The summed E-state index contributed by atoms with van der Waals surface area (Å²) in [6.07, 6.45) is 8.59. The minimum atomic E-state index is -1.07. The molecule has 3 aliphatic rings. The number of benzene rings is 2. The van der Waals surface area contributed by atoms with E-state index in [2.05, 4.69) is 38.3 Å². The smallest absolute Gasteiger partial charge is 0.251 e. The van der Waals surface area contributed by atoms with Crippen molar-refractivity contribution in [3.05, 3.63) is 71.7 Å². The third-order valence-corrected chi connectivity index (χ3v) is 10.8. The van der Waals surface area contributed by atoms with Crippen molar-refractivity contribution >= 4 is 29.0 Å². The molecule has 0 radical (unpaired) electrons. The van der Waals surface area contributed by atoms with E-state index in [4.69, 9.17) is 4.74 Å². The Morgan fingerprint density at radius 3 is 2.50 bits per heavy atom. The van der Waals surface area contributed by atoms with Crippen molar-refractivity contribution in [2.24, 2.45) is 11.8 Å². The standard InChI is InChI=1S/C37H44F2N8O3/c1-4-23-15-25(43-34-35-42-20-30(46(35)12-11-41-34)29-7-8-31(50-3)33(39)32(29)38)5-6-28(23)37(49)45-27-16-26(17-27)44-36(48)24-9-13-47(2,14-10-24)21-22-18-40-19-22/h5-8,11-12,15,20,22,24,26-27,40H,4,9-10,13-14,16-19,21H2,1-3H3,(H2-,41,43,44,45,48,49)/p+1. The van der Waals surface area contributed by atoms with E-state index >= 15 is 0 Å². The van der Waals surface area contributed by atoms with E-state index in [1.54, 1.807) is 22.9 Å². The first-order valence-corrected chi connectivity index (χ1v) is 17.5. The summed E-state index contributed by atoms with van der Waals surface area (Å²) < 4.78 is 37.0. The van der Waals surface area contributed by atoms with Crippen molar-refractivity contribution < 1.29 is 27.6 Å². The maximum Gasteiger partial charge on any atom is 0.251 e. The molecule has 11 nitrogen and oxygen atoms in total. The Labute approximate surface area is 290 Å². The SMILES string of the molecule is CCc1cc(Nc2nccn3c(-c4ccc(OC)c(F)c4F)cnc23)ccc1C(=O)NC1CC(NC(=O)C2CC[N+](C)(CC3CNC3)CC2)C1. The van der Waals surface area contributed by atoms with Crippen molar-refractivity contribution in [3.63, 3.8) is 0 Å². The molecule has 13 heteroatoms. The zero-order valence-electron chi connectivity index (χ0n) is 28.8. The second-order valence-electron chi connectivity index (χ2n) is 14.3. The van der Waals surface area contributed by atoms with Gasteiger partial charge in [0.2, 0.25) is 11.7 Å². The lowest BCUT2D eigenvalue weighted by molar-refractivity contribution is -0.918. The molecule has 4 aromatic rings. The van der Waals surface area contributed by atoms with Crippen LogP contribution in [-0.4, -0.2) is 89.6 Å². The number of halogens is 2. The van der Waals surface area contributed by atoms with Gasteiger partial charge in [-0.1, -0.05) is 6.92 Å². The second-order valence-corrected chi connectivity index (χ2v) is 14.3. The number of nitrogens with one attached hydrogen (secondary N) is 4. The largest absolute Gasteiger partial charge is 0.494 e. The Hall–Kier alpha value is -4.62. The number of hydrogen-bond acceptors (Lipinski definition) is 7. The molecule has 4 N–H and O–H groups in total. The number of carbonyl (C=O) groups excluding carboxylic acids is 2. The molecular weight excluding hydrogens is 642 g/mol. The third-order valence-electron chi connectivity index (χ3n) is 10.8. The molecule has 7 rings (SSSR count). The van der Waals surface area contributed by atoms with Crippen molar-refractivity contribution in [1.82, 2.24) is 30.3 Å². The number of piperidine rings is 1. The van der Waals surface area contributed by atoms with E-state index in [0.717, 1.165) is 67.8 Å². The number of anilines is 2. The number of aromatic nitrogens is 3. The lowest BCUT2D eigenvalue weighted by atomic mass is 9.85. The lowest BCUT2D eigenvalue weighted by Crippen LogP contribution is -2.59. The molecule has 2 saturated heterocycles. The van der Waals surface area contributed by atoms with Crippen LogP contribution in [0.4, 0.5) is 20.3 Å². The fourth-order valence-corrected chi connectivity index (χ4v) is 7.59. The van der Waals surface area contributed by atoms with Crippen molar-refractivity contribution in [2.45, 2.75) is 51.1 Å². The van der Waals surface area contributed by atoms with Gasteiger partial charge in [-0.3, -0.25) is 14.0 Å². The highest BCUT2D eigenvalue weighted by Crippen LogP contribution is 2.32. The predicted octanol–water partition coefficient (Wildman–Crippen LogP) is 4.44. The van der Waals surface area contributed by atoms with Crippen molar-refractivity contribution in [2.75, 3.05) is 52.2 Å². The van der Waals surface area contributed by atoms with E-state index in [-0.39, 0.29) is 41.1 Å². The van der Waals surface area contributed by atoms with E-state index in [0.29, 0.717) is 34.8 Å². The monoisotopic (exact) mass is 687 g/mol. The molecule has 0 spiro atoms. The van der Waals surface area contributed by atoms with Gasteiger partial charge in [0.1, 0.15) is 0 Å². The van der Waals surface area contributed by atoms with Crippen LogP contribution in [0.15, 0.2) is 48.9 Å². The molecule has 0 bridgehead atoms. The highest BCUT2D eigenvalue weighted by atomic mass is 19.2. The highest BCUT2D eigenvalue weighted by Gasteiger charge is 2.38. The molecule has 4 heterocycles. The molecular formula is C37H45F2N8O3+. The summed E-state index contributed by atoms with van der Waals surface area (Å²) in [4.78, 5) is 35.2. The Morgan fingerprint density at radius 2 is 1.80 bits per heavy atom. The number of aryl methyl sites for hydroxylation is 1. The van der Waals surface area contributed by atoms with Gasteiger partial charge in [-0.2, -0.15) is 4.39 Å². The summed E-state index contributed by atoms with van der Waals surface area (Å²) in [5, 5.41) is 13.0. The summed E-state index contributed by atoms with van der Waals surface area (Å²) in [7, 11) is 3.61. The Bertz CT molecular complexity index is 1900. The summed E-state index contributed by atoms with van der Waals surface area (Å²) >= 11 is 0. The number of ether oxygens (including phenoxy) is 1. The van der Waals surface area contributed by atoms with Gasteiger partial charge in [0.25, 0.3) is 5.91 Å². The van der Waals surface area contributed by atoms with Gasteiger partial charge in [0.05, 0.1) is 45.7 Å². The normalized spacial score (nSPS) is 23.5. The van der Waals surface area contributed by atoms with E-state index in [9.17, 15) is 18.4 Å². The van der Waals surface area contributed by atoms with Crippen LogP contribution in [0, 0.1) is 23.5 Å². The van der Waals surface area contributed by atoms with Crippen LogP contribution in [0.5, 0.6) is 5.75 Å². The number of rotatable bonds is 11. The van der Waals surface area contributed by atoms with E-state index < -0.39 is 11.6 Å². The molecule has 2 aromatic heterocycles. The average molecular weight is 688 g/mol. The number of nitrogens with zero attached hydrogens (tertiary/aromatic N) is 4. The molecule has 2 aromatic carbocycles. The third kappa shape index (κ3) is 6.76. The minimum Gasteiger partial charge on any atom is -0.494 e. The van der Waals surface area contributed by atoms with Crippen LogP contribution in [0.25, 0.3) is 16.9 Å².